The third-order valence-electron chi connectivity index (χ3n) is 9.75. The highest BCUT2D eigenvalue weighted by Gasteiger charge is 2.41. The summed E-state index contributed by atoms with van der Waals surface area (Å²) in [4.78, 5) is 34.9. The molecule has 0 bridgehead atoms. The Labute approximate surface area is 346 Å². The van der Waals surface area contributed by atoms with Gasteiger partial charge in [0, 0.05) is 11.5 Å². The summed E-state index contributed by atoms with van der Waals surface area (Å²) in [6, 6.07) is 54.7. The van der Waals surface area contributed by atoms with Crippen LogP contribution in [0.3, 0.4) is 0 Å². The Morgan fingerprint density at radius 2 is 0.966 bits per heavy atom. The second-order valence-corrected chi connectivity index (χ2v) is 15.7. The number of nitrogens with two attached hydrogens (primary N) is 1. The Hall–Kier alpha value is -6.01. The second kappa shape index (κ2) is 19.4. The summed E-state index contributed by atoms with van der Waals surface area (Å²) in [5, 5.41) is 11.9. The molecule has 2 atom stereocenters. The van der Waals surface area contributed by atoms with E-state index in [1.165, 1.54) is 11.8 Å². The molecule has 1 heterocycles. The number of esters is 1. The summed E-state index contributed by atoms with van der Waals surface area (Å²) in [5.74, 6) is 0.622. The van der Waals surface area contributed by atoms with Gasteiger partial charge in [0.15, 0.2) is 0 Å². The standard InChI is InChI=1S/C24H21NO4S.C23H23NO3S/c1-28-20-14-12-19(13-15-20)24(17-8-4-2-5-9-17,18-10-6-3-7-11-18)30-16-21-22(26)29-23(27)25-21;1-27-20-14-12-19(13-15-20)23(17-8-4-2-5-9-17,18-10-6-3-7-11-18)28-16-21(24)22(25)26/h2-15,21H,16H2,1H3,(H,25,27);2-15,21H,16,24H2,1H3,(H,25,26)/t2*21-/m00/s1. The fourth-order valence-corrected chi connectivity index (χ4v) is 9.86. The average molecular weight is 813 g/mol. The second-order valence-electron chi connectivity index (χ2n) is 13.3. The molecule has 1 fully saturated rings. The number of methoxy groups -OCH3 is 2. The number of aliphatic carboxylic acids is 1. The van der Waals surface area contributed by atoms with E-state index in [-0.39, 0.29) is 5.75 Å². The molecule has 0 aliphatic carbocycles. The van der Waals surface area contributed by atoms with Crippen molar-refractivity contribution in [1.29, 1.82) is 0 Å². The van der Waals surface area contributed by atoms with Crippen molar-refractivity contribution < 1.29 is 33.7 Å². The molecule has 11 heteroatoms. The van der Waals surface area contributed by atoms with Gasteiger partial charge in [0.05, 0.1) is 23.7 Å². The highest BCUT2D eigenvalue weighted by Crippen LogP contribution is 2.50. The molecular weight excluding hydrogens is 769 g/mol. The van der Waals surface area contributed by atoms with Gasteiger partial charge in [0.2, 0.25) is 0 Å². The molecule has 1 aliphatic heterocycles. The summed E-state index contributed by atoms with van der Waals surface area (Å²) in [6.07, 6.45) is -0.694. The zero-order valence-corrected chi connectivity index (χ0v) is 33.7. The number of alkyl carbamates (subject to hydrolysis) is 1. The molecule has 6 aromatic carbocycles. The first-order valence-corrected chi connectivity index (χ1v) is 20.5. The van der Waals surface area contributed by atoms with E-state index in [2.05, 4.69) is 58.6 Å². The van der Waals surface area contributed by atoms with E-state index in [1.807, 2.05) is 121 Å². The quantitative estimate of drug-likeness (QED) is 0.0526. The number of ether oxygens (including phenoxy) is 3. The Morgan fingerprint density at radius 1 is 0.621 bits per heavy atom. The maximum atomic E-state index is 12.1. The van der Waals surface area contributed by atoms with E-state index in [0.717, 1.165) is 44.9 Å². The Morgan fingerprint density at radius 3 is 1.28 bits per heavy atom. The lowest BCUT2D eigenvalue weighted by Gasteiger charge is -2.36. The van der Waals surface area contributed by atoms with Crippen LogP contribution in [0, 0.1) is 0 Å². The summed E-state index contributed by atoms with van der Waals surface area (Å²) < 4.78 is 14.1. The molecule has 7 rings (SSSR count). The van der Waals surface area contributed by atoms with Crippen LogP contribution in [0.1, 0.15) is 33.4 Å². The monoisotopic (exact) mass is 812 g/mol. The van der Waals surface area contributed by atoms with Crippen LogP contribution in [-0.4, -0.2) is 60.9 Å². The van der Waals surface area contributed by atoms with Crippen LogP contribution in [0.25, 0.3) is 0 Å². The van der Waals surface area contributed by atoms with Crippen molar-refractivity contribution in [2.75, 3.05) is 25.7 Å². The number of amides is 1. The molecule has 0 aromatic heterocycles. The topological polar surface area (TPSA) is 137 Å². The molecule has 9 nitrogen and oxygen atoms in total. The molecule has 6 aromatic rings. The first-order valence-electron chi connectivity index (χ1n) is 18.5. The van der Waals surface area contributed by atoms with Crippen molar-refractivity contribution in [3.05, 3.63) is 203 Å². The first kappa shape index (κ1) is 41.6. The van der Waals surface area contributed by atoms with Crippen LogP contribution in [0.2, 0.25) is 0 Å². The SMILES string of the molecule is COc1ccc(C(SC[C@@H]2NC(=O)OC2=O)(c2ccccc2)c2ccccc2)cc1.COc1ccc(C(SC[C@H](N)C(=O)O)(c2ccccc2)c2ccccc2)cc1. The minimum atomic E-state index is -1.00. The molecule has 1 saturated heterocycles. The number of carboxylic acid groups (broad SMARTS) is 1. The zero-order valence-electron chi connectivity index (χ0n) is 32.0. The third-order valence-corrected chi connectivity index (χ3v) is 13.1. The van der Waals surface area contributed by atoms with Gasteiger partial charge >= 0.3 is 18.0 Å². The largest absolute Gasteiger partial charge is 0.497 e. The Bertz CT molecular complexity index is 2170. The highest BCUT2D eigenvalue weighted by molar-refractivity contribution is 8.01. The van der Waals surface area contributed by atoms with Crippen LogP contribution in [0.5, 0.6) is 11.5 Å². The predicted octanol–water partition coefficient (Wildman–Crippen LogP) is 8.49. The van der Waals surface area contributed by atoms with Gasteiger partial charge < -0.3 is 30.4 Å². The number of carboxylic acids is 1. The van der Waals surface area contributed by atoms with Crippen molar-refractivity contribution in [3.63, 3.8) is 0 Å². The third kappa shape index (κ3) is 9.23. The fraction of sp³-hybridized carbons (Fsp3) is 0.170. The molecular formula is C47H44N2O7S2. The van der Waals surface area contributed by atoms with Crippen LogP contribution in [-0.2, 0) is 23.8 Å². The van der Waals surface area contributed by atoms with E-state index >= 15 is 0 Å². The Balaban J connectivity index is 0.000000196. The van der Waals surface area contributed by atoms with Gasteiger partial charge in [0.25, 0.3) is 0 Å². The van der Waals surface area contributed by atoms with E-state index in [1.54, 1.807) is 26.0 Å². The zero-order chi connectivity index (χ0) is 41.0. The van der Waals surface area contributed by atoms with Crippen LogP contribution < -0.4 is 20.5 Å². The molecule has 296 valence electrons. The first-order chi connectivity index (χ1) is 28.2. The van der Waals surface area contributed by atoms with Gasteiger partial charge in [-0.3, -0.25) is 4.79 Å². The lowest BCUT2D eigenvalue weighted by atomic mass is 9.84. The maximum Gasteiger partial charge on any atom is 0.415 e. The molecule has 4 N–H and O–H groups in total. The molecule has 58 heavy (non-hydrogen) atoms. The number of cyclic esters (lactones) is 2. The number of carbonyl (C=O) groups is 3. The summed E-state index contributed by atoms with van der Waals surface area (Å²) in [7, 11) is 3.27. The van der Waals surface area contributed by atoms with Crippen LogP contribution >= 0.6 is 23.5 Å². The average Bonchev–Trinajstić information content (AvgIpc) is 3.61. The molecule has 0 saturated carbocycles. The highest BCUT2D eigenvalue weighted by atomic mass is 32.2. The van der Waals surface area contributed by atoms with Crippen molar-refractivity contribution in [3.8, 4) is 11.5 Å². The van der Waals surface area contributed by atoms with Crippen molar-refractivity contribution in [2.45, 2.75) is 21.6 Å². The smallest absolute Gasteiger partial charge is 0.415 e. The predicted molar refractivity (Wildman–Crippen MR) is 230 cm³/mol. The fourth-order valence-electron chi connectivity index (χ4n) is 6.84. The number of rotatable bonds is 15. The lowest BCUT2D eigenvalue weighted by Crippen LogP contribution is -2.36. The number of hydrogen-bond donors (Lipinski definition) is 3. The van der Waals surface area contributed by atoms with Crippen LogP contribution in [0.4, 0.5) is 4.79 Å². The van der Waals surface area contributed by atoms with Gasteiger partial charge in [-0.2, -0.15) is 0 Å². The van der Waals surface area contributed by atoms with E-state index in [4.69, 9.17) is 15.2 Å². The van der Waals surface area contributed by atoms with E-state index in [0.29, 0.717) is 5.75 Å². The lowest BCUT2D eigenvalue weighted by molar-refractivity contribution is -0.138. The van der Waals surface area contributed by atoms with Gasteiger partial charge in [-0.05, 0) is 57.6 Å². The number of benzene rings is 6. The number of nitrogens with one attached hydrogen (secondary N) is 1. The van der Waals surface area contributed by atoms with E-state index in [9.17, 15) is 19.5 Å². The minimum absolute atomic E-state index is 0.269. The molecule has 1 amide bonds. The minimum Gasteiger partial charge on any atom is -0.497 e. The number of thioether (sulfide) groups is 2. The summed E-state index contributed by atoms with van der Waals surface area (Å²) >= 11 is 3.12. The molecule has 1 aliphatic rings. The Kier molecular flexibility index (Phi) is 13.9. The molecule has 0 unspecified atom stereocenters. The van der Waals surface area contributed by atoms with Crippen molar-refractivity contribution in [2.24, 2.45) is 5.73 Å². The molecule has 0 spiro atoms. The molecule has 0 radical (unpaired) electrons. The van der Waals surface area contributed by atoms with Gasteiger partial charge in [-0.15, -0.1) is 23.5 Å². The number of carbonyl (C=O) groups excluding carboxylic acids is 2. The van der Waals surface area contributed by atoms with Crippen LogP contribution in [0.15, 0.2) is 170 Å². The van der Waals surface area contributed by atoms with Gasteiger partial charge in [0.1, 0.15) is 23.6 Å². The maximum absolute atomic E-state index is 12.1. The van der Waals surface area contributed by atoms with E-state index < -0.39 is 39.6 Å². The van der Waals surface area contributed by atoms with Gasteiger partial charge in [-0.1, -0.05) is 146 Å². The van der Waals surface area contributed by atoms with Crippen molar-refractivity contribution >= 4 is 41.6 Å². The summed E-state index contributed by atoms with van der Waals surface area (Å²) in [6.45, 7) is 0. The summed E-state index contributed by atoms with van der Waals surface area (Å²) in [5.41, 5.74) is 12.2. The van der Waals surface area contributed by atoms with Crippen molar-refractivity contribution in [1.82, 2.24) is 5.32 Å². The normalized spacial score (nSPS) is 14.3. The number of hydrogen-bond acceptors (Lipinski definition) is 9. The van der Waals surface area contributed by atoms with Gasteiger partial charge in [-0.25, -0.2) is 9.59 Å².